The van der Waals surface area contributed by atoms with Crippen molar-refractivity contribution >= 4 is 38.7 Å². The molecule has 6 rings (SSSR count). The zero-order chi connectivity index (χ0) is 23.1. The van der Waals surface area contributed by atoms with E-state index in [1.54, 1.807) is 29.3 Å². The molecule has 1 unspecified atom stereocenters. The fraction of sp³-hybridized carbons (Fsp3) is 0.480. The van der Waals surface area contributed by atoms with Crippen LogP contribution in [0.2, 0.25) is 0 Å². The number of hydrogen-bond donors (Lipinski definition) is 0. The van der Waals surface area contributed by atoms with Crippen LogP contribution in [0.1, 0.15) is 23.3 Å². The predicted molar refractivity (Wildman–Crippen MR) is 134 cm³/mol. The van der Waals surface area contributed by atoms with E-state index in [-0.39, 0.29) is 5.56 Å². The topological polar surface area (TPSA) is 76.6 Å². The maximum atomic E-state index is 13.1. The minimum absolute atomic E-state index is 0.101. The van der Waals surface area contributed by atoms with E-state index in [4.69, 9.17) is 9.15 Å². The molecule has 0 bridgehead atoms. The van der Waals surface area contributed by atoms with Crippen molar-refractivity contribution in [3.63, 3.8) is 0 Å². The summed E-state index contributed by atoms with van der Waals surface area (Å²) in [4.78, 5) is 29.5. The van der Waals surface area contributed by atoms with Gasteiger partial charge in [-0.3, -0.25) is 14.3 Å². The number of fused-ring (bicyclic) bond motifs is 4. The molecule has 1 aliphatic heterocycles. The van der Waals surface area contributed by atoms with Gasteiger partial charge in [-0.05, 0) is 43.4 Å². The lowest BCUT2D eigenvalue weighted by atomic mass is 9.91. The molecule has 4 aromatic rings. The Hall–Kier alpha value is -2.75. The number of para-hydroxylation sites is 2. The summed E-state index contributed by atoms with van der Waals surface area (Å²) in [6.45, 7) is 5.11. The lowest BCUT2D eigenvalue weighted by Crippen LogP contribution is -2.51. The largest absolute Gasteiger partial charge is 0.423 e. The molecule has 0 radical (unpaired) electrons. The fourth-order valence-corrected chi connectivity index (χ4v) is 6.56. The maximum absolute atomic E-state index is 13.1. The number of rotatable bonds is 6. The number of piperazine rings is 1. The Kier molecular flexibility index (Phi) is 5.84. The maximum Gasteiger partial charge on any atom is 0.298 e. The molecule has 4 heterocycles. The molecule has 1 fully saturated rings. The molecule has 1 saturated heterocycles. The lowest BCUT2D eigenvalue weighted by molar-refractivity contribution is 0.169. The molecule has 0 spiro atoms. The monoisotopic (exact) mass is 479 g/mol. The second kappa shape index (κ2) is 9.13. The molecular weight excluding hydrogens is 450 g/mol. The number of nitrogens with zero attached hydrogens (tertiary/aromatic N) is 5. The van der Waals surface area contributed by atoms with Crippen molar-refractivity contribution in [3.8, 4) is 0 Å². The minimum Gasteiger partial charge on any atom is -0.423 e. The van der Waals surface area contributed by atoms with Crippen LogP contribution in [-0.4, -0.2) is 65.4 Å². The van der Waals surface area contributed by atoms with Crippen molar-refractivity contribution in [2.75, 3.05) is 44.8 Å². The zero-order valence-corrected chi connectivity index (χ0v) is 20.2. The number of hydrogen-bond acceptors (Lipinski definition) is 8. The second-order valence-electron chi connectivity index (χ2n) is 9.16. The van der Waals surface area contributed by atoms with Crippen molar-refractivity contribution in [1.82, 2.24) is 19.4 Å². The van der Waals surface area contributed by atoms with Crippen molar-refractivity contribution in [1.29, 1.82) is 0 Å². The summed E-state index contributed by atoms with van der Waals surface area (Å²) < 4.78 is 12.8. The highest BCUT2D eigenvalue weighted by Gasteiger charge is 2.31. The van der Waals surface area contributed by atoms with Crippen LogP contribution in [0.5, 0.6) is 0 Å². The molecule has 0 amide bonds. The van der Waals surface area contributed by atoms with E-state index in [0.717, 1.165) is 79.2 Å². The molecule has 1 aliphatic carbocycles. The molecule has 3 aromatic heterocycles. The van der Waals surface area contributed by atoms with Gasteiger partial charge in [0.25, 0.3) is 11.6 Å². The molecule has 1 atom stereocenters. The Morgan fingerprint density at radius 1 is 1.21 bits per heavy atom. The number of thiophene rings is 1. The van der Waals surface area contributed by atoms with Crippen LogP contribution in [0.4, 0.5) is 6.01 Å². The molecule has 9 heteroatoms. The highest BCUT2D eigenvalue weighted by molar-refractivity contribution is 7.18. The first-order valence-corrected chi connectivity index (χ1v) is 12.9. The van der Waals surface area contributed by atoms with Gasteiger partial charge in [-0.1, -0.05) is 12.1 Å². The molecule has 8 nitrogen and oxygen atoms in total. The van der Waals surface area contributed by atoms with Gasteiger partial charge in [0.2, 0.25) is 0 Å². The Morgan fingerprint density at radius 3 is 2.88 bits per heavy atom. The molecule has 0 saturated carbocycles. The van der Waals surface area contributed by atoms with Gasteiger partial charge >= 0.3 is 0 Å². The SMILES string of the molecule is COCCCn1cnc2sc3c(c2c1=O)CCC(N1CCN(c2nc4ccccc4o2)CC1)C3. The zero-order valence-electron chi connectivity index (χ0n) is 19.4. The van der Waals surface area contributed by atoms with Crippen LogP contribution in [0.25, 0.3) is 21.3 Å². The quantitative estimate of drug-likeness (QED) is 0.393. The first-order chi connectivity index (χ1) is 16.7. The van der Waals surface area contributed by atoms with E-state index in [2.05, 4.69) is 19.8 Å². The van der Waals surface area contributed by atoms with Crippen molar-refractivity contribution in [2.45, 2.75) is 38.3 Å². The first kappa shape index (κ1) is 21.8. The van der Waals surface area contributed by atoms with Gasteiger partial charge < -0.3 is 14.1 Å². The smallest absolute Gasteiger partial charge is 0.298 e. The van der Waals surface area contributed by atoms with Crippen LogP contribution >= 0.6 is 11.3 Å². The lowest BCUT2D eigenvalue weighted by Gasteiger charge is -2.40. The van der Waals surface area contributed by atoms with Crippen molar-refractivity contribution in [3.05, 3.63) is 51.4 Å². The minimum atomic E-state index is 0.101. The van der Waals surface area contributed by atoms with Gasteiger partial charge in [0.1, 0.15) is 10.3 Å². The van der Waals surface area contributed by atoms with Gasteiger partial charge in [0.15, 0.2) is 5.58 Å². The third kappa shape index (κ3) is 3.91. The highest BCUT2D eigenvalue weighted by atomic mass is 32.1. The Morgan fingerprint density at radius 2 is 2.06 bits per heavy atom. The van der Waals surface area contributed by atoms with Crippen LogP contribution in [0, 0.1) is 0 Å². The molecule has 34 heavy (non-hydrogen) atoms. The van der Waals surface area contributed by atoms with Gasteiger partial charge in [-0.25, -0.2) is 4.98 Å². The van der Waals surface area contributed by atoms with Gasteiger partial charge in [-0.2, -0.15) is 4.98 Å². The van der Waals surface area contributed by atoms with Crippen LogP contribution in [0.3, 0.4) is 0 Å². The third-order valence-electron chi connectivity index (χ3n) is 7.14. The Bertz CT molecular complexity index is 1340. The second-order valence-corrected chi connectivity index (χ2v) is 10.2. The average molecular weight is 480 g/mol. The summed E-state index contributed by atoms with van der Waals surface area (Å²) in [5.74, 6) is 0. The first-order valence-electron chi connectivity index (χ1n) is 12.0. The Balaban J connectivity index is 1.14. The van der Waals surface area contributed by atoms with E-state index in [0.29, 0.717) is 19.2 Å². The number of benzene rings is 1. The van der Waals surface area contributed by atoms with Crippen molar-refractivity contribution in [2.24, 2.45) is 0 Å². The van der Waals surface area contributed by atoms with E-state index in [1.165, 1.54) is 10.4 Å². The molecule has 2 aliphatic rings. The average Bonchev–Trinajstić information content (AvgIpc) is 3.47. The summed E-state index contributed by atoms with van der Waals surface area (Å²) in [6, 6.07) is 9.17. The molecule has 178 valence electrons. The number of aromatic nitrogens is 3. The van der Waals surface area contributed by atoms with Crippen LogP contribution in [0.15, 0.2) is 39.8 Å². The number of anilines is 1. The summed E-state index contributed by atoms with van der Waals surface area (Å²) >= 11 is 1.71. The molecule has 0 N–H and O–H groups in total. The molecule has 1 aromatic carbocycles. The van der Waals surface area contributed by atoms with Crippen molar-refractivity contribution < 1.29 is 9.15 Å². The number of aryl methyl sites for hydroxylation is 2. The number of oxazole rings is 1. The van der Waals surface area contributed by atoms with Crippen LogP contribution < -0.4 is 10.5 Å². The van der Waals surface area contributed by atoms with E-state index in [9.17, 15) is 4.79 Å². The summed E-state index contributed by atoms with van der Waals surface area (Å²) in [5.41, 5.74) is 3.09. The number of methoxy groups -OCH3 is 1. The van der Waals surface area contributed by atoms with Gasteiger partial charge in [0, 0.05) is 57.4 Å². The van der Waals surface area contributed by atoms with E-state index < -0.39 is 0 Å². The van der Waals surface area contributed by atoms with E-state index >= 15 is 0 Å². The normalized spacial score (nSPS) is 19.2. The predicted octanol–water partition coefficient (Wildman–Crippen LogP) is 3.32. The molecular formula is C25H29N5O3S. The highest BCUT2D eigenvalue weighted by Crippen LogP contribution is 2.35. The number of ether oxygens (including phenoxy) is 1. The van der Waals surface area contributed by atoms with Gasteiger partial charge in [0.05, 0.1) is 11.7 Å². The van der Waals surface area contributed by atoms with Gasteiger partial charge in [-0.15, -0.1) is 11.3 Å². The standard InChI is InChI=1S/C25H29N5O3S/c1-32-14-4-9-30-16-26-23-22(24(30)31)18-8-7-17(15-21(18)34-23)28-10-12-29(13-11-28)25-27-19-5-2-3-6-20(19)33-25/h2-3,5-6,16-17H,4,7-15H2,1H3. The Labute approximate surface area is 201 Å². The summed E-state index contributed by atoms with van der Waals surface area (Å²) in [7, 11) is 1.69. The van der Waals surface area contributed by atoms with Crippen LogP contribution in [-0.2, 0) is 24.1 Å². The fourth-order valence-electron chi connectivity index (χ4n) is 5.31. The van der Waals surface area contributed by atoms with E-state index in [1.807, 2.05) is 24.3 Å². The summed E-state index contributed by atoms with van der Waals surface area (Å²) in [5, 5.41) is 0.846. The summed E-state index contributed by atoms with van der Waals surface area (Å²) in [6.07, 6.45) is 5.55. The third-order valence-corrected chi connectivity index (χ3v) is 8.30.